The van der Waals surface area contributed by atoms with Gasteiger partial charge in [0.15, 0.2) is 5.58 Å². The van der Waals surface area contributed by atoms with E-state index in [1.807, 2.05) is 36.4 Å². The number of nitrogen functional groups attached to an aromatic ring is 1. The van der Waals surface area contributed by atoms with E-state index in [1.165, 1.54) is 0 Å². The quantitative estimate of drug-likeness (QED) is 0.699. The first-order valence-electron chi connectivity index (χ1n) is 5.58. The fraction of sp³-hybridized carbons (Fsp3) is 0.0714. The lowest BCUT2D eigenvalue weighted by Gasteiger charge is -2.03. The van der Waals surface area contributed by atoms with Gasteiger partial charge in [0, 0.05) is 0 Å². The fourth-order valence-electron chi connectivity index (χ4n) is 1.91. The molecule has 0 amide bonds. The number of anilines is 1. The summed E-state index contributed by atoms with van der Waals surface area (Å²) < 4.78 is 11.0. The minimum absolute atomic E-state index is 0.514. The van der Waals surface area contributed by atoms with Crippen molar-refractivity contribution in [2.75, 3.05) is 12.8 Å². The highest BCUT2D eigenvalue weighted by Gasteiger charge is 2.13. The summed E-state index contributed by atoms with van der Waals surface area (Å²) in [4.78, 5) is 4.42. The summed E-state index contributed by atoms with van der Waals surface area (Å²) in [6, 6.07) is 13.1. The first-order valence-corrected chi connectivity index (χ1v) is 5.58. The molecule has 2 aromatic carbocycles. The summed E-state index contributed by atoms with van der Waals surface area (Å²) in [5.41, 5.74) is 8.64. The Kier molecular flexibility index (Phi) is 2.41. The number of hydrogen-bond donors (Lipinski definition) is 1. The van der Waals surface area contributed by atoms with Gasteiger partial charge < -0.3 is 14.9 Å². The minimum atomic E-state index is 0.514. The average molecular weight is 240 g/mol. The highest BCUT2D eigenvalue weighted by molar-refractivity contribution is 5.87. The molecule has 0 aliphatic carbocycles. The average Bonchev–Trinajstić information content (AvgIpc) is 2.84. The van der Waals surface area contributed by atoms with E-state index in [1.54, 1.807) is 13.2 Å². The normalized spacial score (nSPS) is 10.7. The zero-order valence-corrected chi connectivity index (χ0v) is 9.88. The van der Waals surface area contributed by atoms with Crippen molar-refractivity contribution in [3.63, 3.8) is 0 Å². The Balaban J connectivity index is 2.23. The van der Waals surface area contributed by atoms with Gasteiger partial charge in [-0.1, -0.05) is 18.2 Å². The summed E-state index contributed by atoms with van der Waals surface area (Å²) in [5, 5.41) is 0. The smallest absolute Gasteiger partial charge is 0.231 e. The van der Waals surface area contributed by atoms with Gasteiger partial charge in [0.2, 0.25) is 5.89 Å². The number of rotatable bonds is 2. The van der Waals surface area contributed by atoms with Gasteiger partial charge in [-0.2, -0.15) is 0 Å². The molecule has 1 aromatic heterocycles. The maximum Gasteiger partial charge on any atom is 0.231 e. The Bertz CT molecular complexity index is 704. The molecule has 0 unspecified atom stereocenters. The molecule has 3 rings (SSSR count). The molecule has 0 spiro atoms. The van der Waals surface area contributed by atoms with Crippen molar-refractivity contribution < 1.29 is 9.15 Å². The third kappa shape index (κ3) is 1.59. The van der Waals surface area contributed by atoms with Gasteiger partial charge in [-0.15, -0.1) is 0 Å². The molecule has 0 radical (unpaired) electrons. The van der Waals surface area contributed by atoms with E-state index < -0.39 is 0 Å². The predicted molar refractivity (Wildman–Crippen MR) is 70.4 cm³/mol. The number of nitrogens with two attached hydrogens (primary N) is 1. The van der Waals surface area contributed by atoms with Gasteiger partial charge in [-0.25, -0.2) is 4.98 Å². The first-order chi connectivity index (χ1) is 8.79. The first kappa shape index (κ1) is 10.7. The number of methoxy groups -OCH3 is 1. The summed E-state index contributed by atoms with van der Waals surface area (Å²) in [6.45, 7) is 0. The Morgan fingerprint density at radius 1 is 1.11 bits per heavy atom. The van der Waals surface area contributed by atoms with E-state index in [0.29, 0.717) is 22.7 Å². The van der Waals surface area contributed by atoms with Gasteiger partial charge in [0.1, 0.15) is 11.3 Å². The van der Waals surface area contributed by atoms with Crippen molar-refractivity contribution >= 4 is 16.8 Å². The van der Waals surface area contributed by atoms with E-state index in [4.69, 9.17) is 14.9 Å². The third-order valence-corrected chi connectivity index (χ3v) is 2.79. The Hall–Kier alpha value is -2.49. The Morgan fingerprint density at radius 2 is 1.94 bits per heavy atom. The maximum atomic E-state index is 5.86. The van der Waals surface area contributed by atoms with Crippen LogP contribution in [0.3, 0.4) is 0 Å². The van der Waals surface area contributed by atoms with E-state index in [0.717, 1.165) is 11.3 Å². The molecule has 0 saturated carbocycles. The number of para-hydroxylation sites is 2. The predicted octanol–water partition coefficient (Wildman–Crippen LogP) is 3.09. The highest BCUT2D eigenvalue weighted by Crippen LogP contribution is 2.32. The van der Waals surface area contributed by atoms with Crippen molar-refractivity contribution in [2.24, 2.45) is 0 Å². The lowest BCUT2D eigenvalue weighted by Crippen LogP contribution is -1.88. The second-order valence-corrected chi connectivity index (χ2v) is 3.91. The molecule has 0 fully saturated rings. The standard InChI is InChI=1S/C14H12N2O2/c1-17-11-7-3-2-5-9(11)14-16-13-10(15)6-4-8-12(13)18-14/h2-8H,15H2,1H3. The molecule has 0 saturated heterocycles. The molecule has 0 bridgehead atoms. The van der Waals surface area contributed by atoms with Crippen LogP contribution in [-0.4, -0.2) is 12.1 Å². The van der Waals surface area contributed by atoms with Crippen LogP contribution in [0.25, 0.3) is 22.6 Å². The molecule has 2 N–H and O–H groups in total. The van der Waals surface area contributed by atoms with Crippen molar-refractivity contribution in [1.82, 2.24) is 4.98 Å². The number of aromatic nitrogens is 1. The van der Waals surface area contributed by atoms with Crippen molar-refractivity contribution in [3.8, 4) is 17.2 Å². The number of hydrogen-bond acceptors (Lipinski definition) is 4. The van der Waals surface area contributed by atoms with E-state index >= 15 is 0 Å². The van der Waals surface area contributed by atoms with Crippen molar-refractivity contribution in [2.45, 2.75) is 0 Å². The Labute approximate surface area is 104 Å². The van der Waals surface area contributed by atoms with Crippen LogP contribution in [0.15, 0.2) is 46.9 Å². The highest BCUT2D eigenvalue weighted by atomic mass is 16.5. The number of fused-ring (bicyclic) bond motifs is 1. The monoisotopic (exact) mass is 240 g/mol. The molecular weight excluding hydrogens is 228 g/mol. The summed E-state index contributed by atoms with van der Waals surface area (Å²) >= 11 is 0. The van der Waals surface area contributed by atoms with Crippen molar-refractivity contribution in [3.05, 3.63) is 42.5 Å². The zero-order valence-electron chi connectivity index (χ0n) is 9.88. The number of nitrogens with zero attached hydrogens (tertiary/aromatic N) is 1. The number of oxazole rings is 1. The minimum Gasteiger partial charge on any atom is -0.496 e. The van der Waals surface area contributed by atoms with E-state index in [2.05, 4.69) is 4.98 Å². The van der Waals surface area contributed by atoms with Gasteiger partial charge >= 0.3 is 0 Å². The molecule has 18 heavy (non-hydrogen) atoms. The Morgan fingerprint density at radius 3 is 2.72 bits per heavy atom. The summed E-state index contributed by atoms with van der Waals surface area (Å²) in [5.74, 6) is 1.24. The van der Waals surface area contributed by atoms with Gasteiger partial charge in [-0.05, 0) is 24.3 Å². The number of benzene rings is 2. The van der Waals surface area contributed by atoms with Gasteiger partial charge in [0.25, 0.3) is 0 Å². The van der Waals surface area contributed by atoms with Crippen LogP contribution in [-0.2, 0) is 0 Å². The van der Waals surface area contributed by atoms with Crippen LogP contribution < -0.4 is 10.5 Å². The van der Waals surface area contributed by atoms with Crippen LogP contribution in [0, 0.1) is 0 Å². The molecule has 0 atom stereocenters. The second kappa shape index (κ2) is 4.07. The summed E-state index contributed by atoms with van der Waals surface area (Å²) in [6.07, 6.45) is 0. The topological polar surface area (TPSA) is 61.3 Å². The van der Waals surface area contributed by atoms with Crippen LogP contribution in [0.4, 0.5) is 5.69 Å². The molecular formula is C14H12N2O2. The van der Waals surface area contributed by atoms with E-state index in [9.17, 15) is 0 Å². The van der Waals surface area contributed by atoms with Crippen LogP contribution in [0.5, 0.6) is 5.75 Å². The molecule has 90 valence electrons. The largest absolute Gasteiger partial charge is 0.496 e. The SMILES string of the molecule is COc1ccccc1-c1nc2c(N)cccc2o1. The van der Waals surface area contributed by atoms with Crippen LogP contribution in [0.2, 0.25) is 0 Å². The van der Waals surface area contributed by atoms with Crippen molar-refractivity contribution in [1.29, 1.82) is 0 Å². The fourth-order valence-corrected chi connectivity index (χ4v) is 1.91. The lowest BCUT2D eigenvalue weighted by atomic mass is 10.2. The number of ether oxygens (including phenoxy) is 1. The third-order valence-electron chi connectivity index (χ3n) is 2.79. The van der Waals surface area contributed by atoms with Gasteiger partial charge in [-0.3, -0.25) is 0 Å². The molecule has 0 aliphatic heterocycles. The van der Waals surface area contributed by atoms with E-state index in [-0.39, 0.29) is 0 Å². The maximum absolute atomic E-state index is 5.86. The zero-order chi connectivity index (χ0) is 12.5. The molecule has 0 aliphatic rings. The second-order valence-electron chi connectivity index (χ2n) is 3.91. The molecule has 4 nitrogen and oxygen atoms in total. The molecule has 3 aromatic rings. The van der Waals surface area contributed by atoms with Crippen LogP contribution in [0.1, 0.15) is 0 Å². The van der Waals surface area contributed by atoms with Gasteiger partial charge in [0.05, 0.1) is 18.4 Å². The molecule has 4 heteroatoms. The van der Waals surface area contributed by atoms with Crippen LogP contribution >= 0.6 is 0 Å². The molecule has 1 heterocycles. The lowest BCUT2D eigenvalue weighted by molar-refractivity contribution is 0.414. The summed E-state index contributed by atoms with van der Waals surface area (Å²) in [7, 11) is 1.62.